The largest absolute Gasteiger partial charge is 0.409 e. The molecule has 0 aliphatic rings. The molecule has 2 unspecified atom stereocenters. The lowest BCUT2D eigenvalue weighted by Crippen LogP contribution is -2.41. The van der Waals surface area contributed by atoms with Gasteiger partial charge in [-0.05, 0) is 59.2 Å². The zero-order valence-corrected chi connectivity index (χ0v) is 26.2. The maximum Gasteiger partial charge on any atom is 0.192 e. The molecule has 2 aromatic carbocycles. The van der Waals surface area contributed by atoms with Crippen molar-refractivity contribution in [3.05, 3.63) is 71.8 Å². The molecule has 0 saturated carbocycles. The van der Waals surface area contributed by atoms with E-state index in [1.807, 2.05) is 12.1 Å². The highest BCUT2D eigenvalue weighted by Gasteiger charge is 2.40. The van der Waals surface area contributed by atoms with Crippen molar-refractivity contribution < 1.29 is 8.85 Å². The van der Waals surface area contributed by atoms with E-state index in [-0.39, 0.29) is 22.3 Å². The molecule has 4 heteroatoms. The SMILES string of the molecule is CC(C)(C)[Si](C)(C)OC(CC#CC#CCC(O[Si](C)(C)C(C)(C)C)c1ccccc1)c1ccccc1. The minimum atomic E-state index is -1.93. The van der Waals surface area contributed by atoms with E-state index in [4.69, 9.17) is 8.85 Å². The second-order valence-corrected chi connectivity index (χ2v) is 22.1. The van der Waals surface area contributed by atoms with E-state index >= 15 is 0 Å². The molecule has 0 fully saturated rings. The Morgan fingerprint density at radius 2 is 0.889 bits per heavy atom. The highest BCUT2D eigenvalue weighted by molar-refractivity contribution is 6.74. The van der Waals surface area contributed by atoms with Crippen molar-refractivity contribution in [1.29, 1.82) is 0 Å². The smallest absolute Gasteiger partial charge is 0.192 e. The monoisotopic (exact) mass is 518 g/mol. The second kappa shape index (κ2) is 12.4. The second-order valence-electron chi connectivity index (χ2n) is 12.6. The van der Waals surface area contributed by atoms with Crippen LogP contribution in [0.5, 0.6) is 0 Å². The highest BCUT2D eigenvalue weighted by atomic mass is 28.4. The van der Waals surface area contributed by atoms with Gasteiger partial charge in [-0.15, -0.1) is 0 Å². The van der Waals surface area contributed by atoms with Gasteiger partial charge in [0.1, 0.15) is 0 Å². The zero-order chi connectivity index (χ0) is 27.0. The van der Waals surface area contributed by atoms with Gasteiger partial charge >= 0.3 is 0 Å². The molecule has 0 bridgehead atoms. The number of hydrogen-bond donors (Lipinski definition) is 0. The van der Waals surface area contributed by atoms with Crippen molar-refractivity contribution in [2.45, 2.75) is 103 Å². The molecule has 2 rings (SSSR count). The molecule has 2 nitrogen and oxygen atoms in total. The van der Waals surface area contributed by atoms with Gasteiger partial charge in [0.2, 0.25) is 0 Å². The Bertz CT molecular complexity index is 980. The van der Waals surface area contributed by atoms with E-state index < -0.39 is 16.6 Å². The quantitative estimate of drug-likeness (QED) is 0.256. The summed E-state index contributed by atoms with van der Waals surface area (Å²) in [5.74, 6) is 12.8. The molecule has 36 heavy (non-hydrogen) atoms. The molecule has 0 aliphatic carbocycles. The molecule has 0 aromatic heterocycles. The van der Waals surface area contributed by atoms with Gasteiger partial charge in [-0.2, -0.15) is 0 Å². The van der Waals surface area contributed by atoms with Crippen LogP contribution in [0.3, 0.4) is 0 Å². The fraction of sp³-hybridized carbons (Fsp3) is 0.500. The standard InChI is InChI=1S/C32H46O2Si2/c1-31(2,3)35(7,8)33-29(27-21-15-13-16-22-27)25-19-11-12-20-26-30(28-23-17-14-18-24-28)34-36(9,10)32(4,5)6/h13-18,21-24,29-30H,25-26H2,1-10H3. The molecular weight excluding hydrogens is 473 g/mol. The fourth-order valence-corrected chi connectivity index (χ4v) is 5.80. The van der Waals surface area contributed by atoms with E-state index in [0.717, 1.165) is 0 Å². The van der Waals surface area contributed by atoms with Crippen molar-refractivity contribution in [1.82, 2.24) is 0 Å². The van der Waals surface area contributed by atoms with Crippen LogP contribution in [-0.4, -0.2) is 16.6 Å². The minimum Gasteiger partial charge on any atom is -0.409 e. The molecular formula is C32H46O2Si2. The first kappa shape index (κ1) is 30.1. The van der Waals surface area contributed by atoms with E-state index in [9.17, 15) is 0 Å². The van der Waals surface area contributed by atoms with Gasteiger partial charge in [0.05, 0.1) is 12.2 Å². The first-order chi connectivity index (χ1) is 16.6. The lowest BCUT2D eigenvalue weighted by atomic mass is 10.1. The van der Waals surface area contributed by atoms with Gasteiger partial charge in [-0.3, -0.25) is 0 Å². The lowest BCUT2D eigenvalue weighted by Gasteiger charge is -2.39. The molecule has 0 heterocycles. The Labute approximate surface area is 223 Å². The molecule has 0 radical (unpaired) electrons. The van der Waals surface area contributed by atoms with Gasteiger partial charge in [0.15, 0.2) is 16.6 Å². The maximum absolute atomic E-state index is 6.75. The summed E-state index contributed by atoms with van der Waals surface area (Å²) < 4.78 is 13.5. The van der Waals surface area contributed by atoms with Crippen LogP contribution in [0.25, 0.3) is 0 Å². The van der Waals surface area contributed by atoms with Crippen LogP contribution in [-0.2, 0) is 8.85 Å². The molecule has 0 amide bonds. The maximum atomic E-state index is 6.75. The molecule has 0 saturated heterocycles. The van der Waals surface area contributed by atoms with Crippen molar-refractivity contribution >= 4 is 16.6 Å². The number of hydrogen-bond acceptors (Lipinski definition) is 2. The third kappa shape index (κ3) is 8.79. The predicted octanol–water partition coefficient (Wildman–Crippen LogP) is 9.30. The van der Waals surface area contributed by atoms with Gasteiger partial charge in [0.25, 0.3) is 0 Å². The Morgan fingerprint density at radius 3 is 1.17 bits per heavy atom. The van der Waals surface area contributed by atoms with Gasteiger partial charge < -0.3 is 8.85 Å². The van der Waals surface area contributed by atoms with Crippen LogP contribution < -0.4 is 0 Å². The highest BCUT2D eigenvalue weighted by Crippen LogP contribution is 2.41. The third-order valence-corrected chi connectivity index (χ3v) is 16.6. The Morgan fingerprint density at radius 1 is 0.583 bits per heavy atom. The van der Waals surface area contributed by atoms with Crippen molar-refractivity contribution in [3.8, 4) is 23.7 Å². The van der Waals surface area contributed by atoms with Crippen LogP contribution in [0.4, 0.5) is 0 Å². The van der Waals surface area contributed by atoms with E-state index in [1.165, 1.54) is 11.1 Å². The normalized spacial score (nSPS) is 14.2. The van der Waals surface area contributed by atoms with Gasteiger partial charge in [0, 0.05) is 12.8 Å². The molecule has 194 valence electrons. The van der Waals surface area contributed by atoms with Crippen molar-refractivity contribution in [3.63, 3.8) is 0 Å². The first-order valence-electron chi connectivity index (χ1n) is 13.1. The summed E-state index contributed by atoms with van der Waals surface area (Å²) in [6.07, 6.45) is 1.18. The summed E-state index contributed by atoms with van der Waals surface area (Å²) >= 11 is 0. The molecule has 0 N–H and O–H groups in total. The van der Waals surface area contributed by atoms with E-state index in [1.54, 1.807) is 0 Å². The van der Waals surface area contributed by atoms with Crippen LogP contribution in [0, 0.1) is 23.7 Å². The van der Waals surface area contributed by atoms with Gasteiger partial charge in [-0.25, -0.2) is 0 Å². The van der Waals surface area contributed by atoms with E-state index in [0.29, 0.717) is 12.8 Å². The average molecular weight is 519 g/mol. The Hall–Kier alpha value is -2.09. The third-order valence-electron chi connectivity index (χ3n) is 7.64. The summed E-state index contributed by atoms with van der Waals surface area (Å²) in [6, 6.07) is 20.9. The van der Waals surface area contributed by atoms with Crippen LogP contribution in [0.15, 0.2) is 60.7 Å². The number of benzene rings is 2. The Balaban J connectivity index is 2.16. The Kier molecular flexibility index (Phi) is 10.4. The average Bonchev–Trinajstić information content (AvgIpc) is 2.79. The predicted molar refractivity (Wildman–Crippen MR) is 160 cm³/mol. The minimum absolute atomic E-state index is 0.0413. The van der Waals surface area contributed by atoms with Crippen LogP contribution in [0.2, 0.25) is 36.3 Å². The summed E-state index contributed by atoms with van der Waals surface area (Å²) in [7, 11) is -3.87. The summed E-state index contributed by atoms with van der Waals surface area (Å²) in [5, 5.41) is 0.285. The molecule has 0 aliphatic heterocycles. The first-order valence-corrected chi connectivity index (χ1v) is 18.9. The molecule has 2 atom stereocenters. The summed E-state index contributed by atoms with van der Waals surface area (Å²) in [6.45, 7) is 22.8. The van der Waals surface area contributed by atoms with E-state index in [2.05, 4.69) is 140 Å². The fourth-order valence-electron chi connectivity index (χ4n) is 3.23. The topological polar surface area (TPSA) is 18.5 Å². The number of rotatable bonds is 8. The zero-order valence-electron chi connectivity index (χ0n) is 24.2. The lowest BCUT2D eigenvalue weighted by molar-refractivity contribution is 0.188. The van der Waals surface area contributed by atoms with Gasteiger partial charge in [-0.1, -0.05) is 114 Å². The molecule has 2 aromatic rings. The molecule has 0 spiro atoms. The van der Waals surface area contributed by atoms with Crippen molar-refractivity contribution in [2.75, 3.05) is 0 Å². The van der Waals surface area contributed by atoms with Crippen molar-refractivity contribution in [2.24, 2.45) is 0 Å². The summed E-state index contributed by atoms with van der Waals surface area (Å²) in [4.78, 5) is 0. The van der Waals surface area contributed by atoms with Crippen LogP contribution in [0.1, 0.15) is 77.7 Å². The van der Waals surface area contributed by atoms with Crippen LogP contribution >= 0.6 is 0 Å². The summed E-state index contributed by atoms with van der Waals surface area (Å²) in [5.41, 5.74) is 2.35.